The maximum Gasteiger partial charge on any atom is 0.276 e. The van der Waals surface area contributed by atoms with Crippen molar-refractivity contribution < 1.29 is 9.72 Å². The standard InChI is InChI=1S/C13H13N3O3/c1-10(8-14)9-15-13(17)7-6-11-4-2-3-5-12(11)16(18)19/h2-7,10H,9H2,1H3,(H,15,17)/b7-6-/t10-/m0/s1. The zero-order valence-electron chi connectivity index (χ0n) is 10.4. The van der Waals surface area contributed by atoms with Crippen molar-refractivity contribution in [3.63, 3.8) is 0 Å². The molecule has 0 radical (unpaired) electrons. The Balaban J connectivity index is 2.69. The van der Waals surface area contributed by atoms with Gasteiger partial charge in [-0.1, -0.05) is 12.1 Å². The van der Waals surface area contributed by atoms with Gasteiger partial charge in [-0.2, -0.15) is 5.26 Å². The molecule has 0 aromatic heterocycles. The summed E-state index contributed by atoms with van der Waals surface area (Å²) in [5.41, 5.74) is 0.299. The van der Waals surface area contributed by atoms with E-state index in [2.05, 4.69) is 5.32 Å². The highest BCUT2D eigenvalue weighted by Gasteiger charge is 2.09. The molecule has 0 bridgehead atoms. The van der Waals surface area contributed by atoms with Crippen LogP contribution in [0, 0.1) is 27.4 Å². The average molecular weight is 259 g/mol. The SMILES string of the molecule is C[C@@H](C#N)CNC(=O)/C=C\c1ccccc1[N+](=O)[O-]. The molecule has 1 amide bonds. The maximum absolute atomic E-state index is 11.4. The Bertz CT molecular complexity index is 546. The molecule has 19 heavy (non-hydrogen) atoms. The van der Waals surface area contributed by atoms with Gasteiger partial charge in [0.2, 0.25) is 5.91 Å². The number of hydrogen-bond donors (Lipinski definition) is 1. The third-order valence-electron chi connectivity index (χ3n) is 2.35. The number of carbonyl (C=O) groups excluding carboxylic acids is 1. The van der Waals surface area contributed by atoms with Gasteiger partial charge < -0.3 is 5.32 Å². The van der Waals surface area contributed by atoms with Crippen LogP contribution in [0.5, 0.6) is 0 Å². The second kappa shape index (κ2) is 6.91. The van der Waals surface area contributed by atoms with Crippen molar-refractivity contribution in [3.8, 4) is 6.07 Å². The van der Waals surface area contributed by atoms with Crippen LogP contribution in [0.2, 0.25) is 0 Å². The quantitative estimate of drug-likeness (QED) is 0.496. The predicted octanol–water partition coefficient (Wildman–Crippen LogP) is 1.88. The number of amides is 1. The number of carbonyl (C=O) groups is 1. The van der Waals surface area contributed by atoms with Crippen molar-refractivity contribution in [2.24, 2.45) is 5.92 Å². The number of para-hydroxylation sites is 1. The largest absolute Gasteiger partial charge is 0.351 e. The Morgan fingerprint density at radius 3 is 2.89 bits per heavy atom. The third kappa shape index (κ3) is 4.60. The number of nitro groups is 1. The summed E-state index contributed by atoms with van der Waals surface area (Å²) in [4.78, 5) is 21.7. The van der Waals surface area contributed by atoms with Gasteiger partial charge in [-0.05, 0) is 19.1 Å². The van der Waals surface area contributed by atoms with Gasteiger partial charge in [0.25, 0.3) is 5.69 Å². The lowest BCUT2D eigenvalue weighted by atomic mass is 10.1. The van der Waals surface area contributed by atoms with Crippen LogP contribution in [0.15, 0.2) is 30.3 Å². The summed E-state index contributed by atoms with van der Waals surface area (Å²) in [7, 11) is 0. The van der Waals surface area contributed by atoms with E-state index in [9.17, 15) is 14.9 Å². The highest BCUT2D eigenvalue weighted by molar-refractivity contribution is 5.92. The minimum absolute atomic E-state index is 0.0584. The number of benzene rings is 1. The molecule has 1 aromatic rings. The Morgan fingerprint density at radius 1 is 1.58 bits per heavy atom. The van der Waals surface area contributed by atoms with Crippen LogP contribution in [0.25, 0.3) is 6.08 Å². The maximum atomic E-state index is 11.4. The number of rotatable bonds is 5. The van der Waals surface area contributed by atoms with Crippen molar-refractivity contribution in [2.75, 3.05) is 6.54 Å². The van der Waals surface area contributed by atoms with Gasteiger partial charge >= 0.3 is 0 Å². The smallest absolute Gasteiger partial charge is 0.276 e. The van der Waals surface area contributed by atoms with E-state index >= 15 is 0 Å². The van der Waals surface area contributed by atoms with Gasteiger partial charge in [-0.3, -0.25) is 14.9 Å². The lowest BCUT2D eigenvalue weighted by Crippen LogP contribution is -2.25. The molecule has 0 heterocycles. The molecule has 0 saturated carbocycles. The van der Waals surface area contributed by atoms with E-state index in [1.807, 2.05) is 6.07 Å². The molecule has 0 spiro atoms. The first-order valence-corrected chi connectivity index (χ1v) is 5.63. The fourth-order valence-electron chi connectivity index (χ4n) is 1.32. The molecule has 1 rings (SSSR count). The van der Waals surface area contributed by atoms with Crippen LogP contribution >= 0.6 is 0 Å². The van der Waals surface area contributed by atoms with Crippen LogP contribution in [0.3, 0.4) is 0 Å². The molecule has 0 aliphatic rings. The summed E-state index contributed by atoms with van der Waals surface area (Å²) in [5.74, 6) is -0.663. The second-order valence-electron chi connectivity index (χ2n) is 3.92. The number of nitrogens with zero attached hydrogens (tertiary/aromatic N) is 2. The molecule has 1 N–H and O–H groups in total. The number of hydrogen-bond acceptors (Lipinski definition) is 4. The van der Waals surface area contributed by atoms with Gasteiger partial charge in [0.15, 0.2) is 0 Å². The van der Waals surface area contributed by atoms with Crippen molar-refractivity contribution >= 4 is 17.7 Å². The zero-order valence-corrected chi connectivity index (χ0v) is 10.4. The van der Waals surface area contributed by atoms with E-state index in [0.29, 0.717) is 5.56 Å². The third-order valence-corrected chi connectivity index (χ3v) is 2.35. The molecule has 0 unspecified atom stereocenters. The molecule has 1 aromatic carbocycles. The molecular weight excluding hydrogens is 246 g/mol. The second-order valence-corrected chi connectivity index (χ2v) is 3.92. The van der Waals surface area contributed by atoms with Gasteiger partial charge in [0.05, 0.1) is 22.5 Å². The minimum atomic E-state index is -0.505. The molecule has 0 aliphatic heterocycles. The average Bonchev–Trinajstić information content (AvgIpc) is 2.42. The molecule has 0 aliphatic carbocycles. The van der Waals surface area contributed by atoms with Gasteiger partial charge in [-0.15, -0.1) is 0 Å². The van der Waals surface area contributed by atoms with Crippen molar-refractivity contribution in [1.82, 2.24) is 5.32 Å². The topological polar surface area (TPSA) is 96.0 Å². The van der Waals surface area contributed by atoms with Crippen molar-refractivity contribution in [2.45, 2.75) is 6.92 Å². The number of nitriles is 1. The summed E-state index contributed by atoms with van der Waals surface area (Å²) in [6, 6.07) is 8.13. The number of nitro benzene ring substituents is 1. The lowest BCUT2D eigenvalue weighted by Gasteiger charge is -2.02. The first-order valence-electron chi connectivity index (χ1n) is 5.63. The summed E-state index contributed by atoms with van der Waals surface area (Å²) < 4.78 is 0. The molecule has 0 fully saturated rings. The van der Waals surface area contributed by atoms with Crippen LogP contribution < -0.4 is 5.32 Å². The minimum Gasteiger partial charge on any atom is -0.351 e. The summed E-state index contributed by atoms with van der Waals surface area (Å²) >= 11 is 0. The molecule has 98 valence electrons. The fourth-order valence-corrected chi connectivity index (χ4v) is 1.32. The Labute approximate surface area is 110 Å². The van der Waals surface area contributed by atoms with E-state index in [4.69, 9.17) is 5.26 Å². The fraction of sp³-hybridized carbons (Fsp3) is 0.231. The first-order chi connectivity index (χ1) is 9.04. The van der Waals surface area contributed by atoms with E-state index in [0.717, 1.165) is 0 Å². The molecule has 6 heteroatoms. The highest BCUT2D eigenvalue weighted by Crippen LogP contribution is 2.18. The molecule has 0 saturated heterocycles. The monoisotopic (exact) mass is 259 g/mol. The predicted molar refractivity (Wildman–Crippen MR) is 69.9 cm³/mol. The zero-order chi connectivity index (χ0) is 14.3. The van der Waals surface area contributed by atoms with Crippen molar-refractivity contribution in [3.05, 3.63) is 46.0 Å². The molecular formula is C13H13N3O3. The summed E-state index contributed by atoms with van der Waals surface area (Å²) in [6.07, 6.45) is 2.59. The Hall–Kier alpha value is -2.68. The van der Waals surface area contributed by atoms with Crippen LogP contribution in [-0.2, 0) is 4.79 Å². The normalized spacial score (nSPS) is 11.8. The van der Waals surface area contributed by atoms with Gasteiger partial charge in [0, 0.05) is 18.7 Å². The summed E-state index contributed by atoms with van der Waals surface area (Å²) in [6.45, 7) is 1.93. The Kier molecular flexibility index (Phi) is 5.23. The van der Waals surface area contributed by atoms with Crippen LogP contribution in [-0.4, -0.2) is 17.4 Å². The van der Waals surface area contributed by atoms with Crippen LogP contribution in [0.4, 0.5) is 5.69 Å². The summed E-state index contributed by atoms with van der Waals surface area (Å²) in [5, 5.41) is 21.8. The Morgan fingerprint density at radius 2 is 2.26 bits per heavy atom. The van der Waals surface area contributed by atoms with Gasteiger partial charge in [-0.25, -0.2) is 0 Å². The molecule has 1 atom stereocenters. The van der Waals surface area contributed by atoms with E-state index in [1.165, 1.54) is 18.2 Å². The van der Waals surface area contributed by atoms with E-state index < -0.39 is 4.92 Å². The first kappa shape index (κ1) is 14.4. The van der Waals surface area contributed by atoms with Gasteiger partial charge in [0.1, 0.15) is 0 Å². The van der Waals surface area contributed by atoms with E-state index in [-0.39, 0.29) is 24.1 Å². The number of nitrogens with one attached hydrogen (secondary N) is 1. The lowest BCUT2D eigenvalue weighted by molar-refractivity contribution is -0.385. The van der Waals surface area contributed by atoms with Crippen LogP contribution in [0.1, 0.15) is 12.5 Å². The highest BCUT2D eigenvalue weighted by atomic mass is 16.6. The van der Waals surface area contributed by atoms with E-state index in [1.54, 1.807) is 25.1 Å². The van der Waals surface area contributed by atoms with Crippen molar-refractivity contribution in [1.29, 1.82) is 5.26 Å². The molecule has 6 nitrogen and oxygen atoms in total.